The van der Waals surface area contributed by atoms with Gasteiger partial charge in [0.15, 0.2) is 0 Å². The topological polar surface area (TPSA) is 80.2 Å². The number of ether oxygens (including phenoxy) is 2. The maximum Gasteiger partial charge on any atom is 0.243 e. The molecule has 8 heteroatoms. The molecule has 0 aromatic heterocycles. The second-order valence-electron chi connectivity index (χ2n) is 4.89. The monoisotopic (exact) mass is 382 g/mol. The standard InChI is InChI=1S/C17H16Cl2N2O4/c1-24-13-2-4-14(5-3-13)25-7-6-16(22)21-20-10-11-8-12(18)9-15(19)17(11)23/h2-5,8-10,23H,6-7H2,1H3,(H,21,22)/b20-10+. The first kappa shape index (κ1) is 18.9. The number of halogens is 2. The lowest BCUT2D eigenvalue weighted by molar-refractivity contribution is -0.121. The Bertz CT molecular complexity index is 764. The minimum Gasteiger partial charge on any atom is -0.506 e. The highest BCUT2D eigenvalue weighted by Gasteiger charge is 2.06. The number of rotatable bonds is 7. The minimum absolute atomic E-state index is 0.105. The van der Waals surface area contributed by atoms with Crippen molar-refractivity contribution >= 4 is 35.3 Å². The molecule has 2 aromatic rings. The van der Waals surface area contributed by atoms with E-state index in [9.17, 15) is 9.90 Å². The van der Waals surface area contributed by atoms with Crippen LogP contribution in [0.1, 0.15) is 12.0 Å². The average molecular weight is 383 g/mol. The van der Waals surface area contributed by atoms with Gasteiger partial charge in [-0.3, -0.25) is 4.79 Å². The molecule has 0 heterocycles. The summed E-state index contributed by atoms with van der Waals surface area (Å²) in [6.07, 6.45) is 1.38. The first-order valence-corrected chi connectivity index (χ1v) is 8.02. The van der Waals surface area contributed by atoms with E-state index in [0.29, 0.717) is 16.3 Å². The van der Waals surface area contributed by atoms with Gasteiger partial charge in [0.1, 0.15) is 17.2 Å². The molecule has 0 saturated carbocycles. The molecule has 0 spiro atoms. The number of carbonyl (C=O) groups excluding carboxylic acids is 1. The van der Waals surface area contributed by atoms with Gasteiger partial charge in [-0.15, -0.1) is 0 Å². The third-order valence-corrected chi connectivity index (χ3v) is 3.61. The molecule has 1 amide bonds. The van der Waals surface area contributed by atoms with E-state index in [0.717, 1.165) is 5.75 Å². The predicted molar refractivity (Wildman–Crippen MR) is 97.0 cm³/mol. The number of nitrogens with one attached hydrogen (secondary N) is 1. The third-order valence-electron chi connectivity index (χ3n) is 3.11. The zero-order valence-corrected chi connectivity index (χ0v) is 14.8. The molecule has 0 bridgehead atoms. The van der Waals surface area contributed by atoms with Crippen LogP contribution in [0.4, 0.5) is 0 Å². The third kappa shape index (κ3) is 5.85. The number of hydrazone groups is 1. The highest BCUT2D eigenvalue weighted by Crippen LogP contribution is 2.29. The summed E-state index contributed by atoms with van der Waals surface area (Å²) in [6.45, 7) is 0.196. The smallest absolute Gasteiger partial charge is 0.243 e. The number of phenols is 1. The van der Waals surface area contributed by atoms with Gasteiger partial charge in [0.05, 0.1) is 31.4 Å². The summed E-state index contributed by atoms with van der Waals surface area (Å²) >= 11 is 11.6. The Morgan fingerprint density at radius 1 is 1.24 bits per heavy atom. The Kier molecular flexibility index (Phi) is 6.91. The molecule has 2 aromatic carbocycles. The molecular weight excluding hydrogens is 367 g/mol. The van der Waals surface area contributed by atoms with Crippen molar-refractivity contribution in [2.45, 2.75) is 6.42 Å². The molecule has 25 heavy (non-hydrogen) atoms. The van der Waals surface area contributed by atoms with Gasteiger partial charge in [0.2, 0.25) is 5.91 Å². The van der Waals surface area contributed by atoms with Crippen molar-refractivity contribution in [1.29, 1.82) is 0 Å². The van der Waals surface area contributed by atoms with Crippen LogP contribution in [-0.2, 0) is 4.79 Å². The van der Waals surface area contributed by atoms with Crippen LogP contribution in [0, 0.1) is 0 Å². The lowest BCUT2D eigenvalue weighted by atomic mass is 10.2. The van der Waals surface area contributed by atoms with E-state index in [2.05, 4.69) is 10.5 Å². The maximum absolute atomic E-state index is 11.7. The highest BCUT2D eigenvalue weighted by atomic mass is 35.5. The van der Waals surface area contributed by atoms with E-state index in [-0.39, 0.29) is 29.7 Å². The van der Waals surface area contributed by atoms with E-state index in [1.54, 1.807) is 31.4 Å². The van der Waals surface area contributed by atoms with Crippen LogP contribution >= 0.6 is 23.2 Å². The zero-order valence-electron chi connectivity index (χ0n) is 13.3. The summed E-state index contributed by atoms with van der Waals surface area (Å²) in [5.41, 5.74) is 2.63. The average Bonchev–Trinajstić information content (AvgIpc) is 2.59. The van der Waals surface area contributed by atoms with Crippen LogP contribution in [0.2, 0.25) is 10.0 Å². The second kappa shape index (κ2) is 9.15. The summed E-state index contributed by atoms with van der Waals surface area (Å²) in [5, 5.41) is 14.0. The number of methoxy groups -OCH3 is 1. The van der Waals surface area contributed by atoms with Crippen molar-refractivity contribution in [1.82, 2.24) is 5.43 Å². The van der Waals surface area contributed by atoms with Crippen molar-refractivity contribution in [3.63, 3.8) is 0 Å². The quantitative estimate of drug-likeness (QED) is 0.565. The molecule has 2 N–H and O–H groups in total. The van der Waals surface area contributed by atoms with E-state index in [1.165, 1.54) is 18.3 Å². The van der Waals surface area contributed by atoms with Gasteiger partial charge in [-0.25, -0.2) is 5.43 Å². The molecule has 0 unspecified atom stereocenters. The SMILES string of the molecule is COc1ccc(OCCC(=O)N/N=C/c2cc(Cl)cc(Cl)c2O)cc1. The van der Waals surface area contributed by atoms with Crippen molar-refractivity contribution in [2.24, 2.45) is 5.10 Å². The van der Waals surface area contributed by atoms with Crippen LogP contribution in [0.25, 0.3) is 0 Å². The molecule has 0 aliphatic rings. The fourth-order valence-corrected chi connectivity index (χ4v) is 2.36. The van der Waals surface area contributed by atoms with Crippen molar-refractivity contribution in [2.75, 3.05) is 13.7 Å². The fraction of sp³-hybridized carbons (Fsp3) is 0.176. The lowest BCUT2D eigenvalue weighted by Gasteiger charge is -2.06. The molecule has 6 nitrogen and oxygen atoms in total. The van der Waals surface area contributed by atoms with E-state index < -0.39 is 0 Å². The molecule has 0 radical (unpaired) electrons. The molecule has 0 aliphatic carbocycles. The number of aromatic hydroxyl groups is 1. The van der Waals surface area contributed by atoms with E-state index >= 15 is 0 Å². The Balaban J connectivity index is 1.78. The Hall–Kier alpha value is -2.44. The van der Waals surface area contributed by atoms with Crippen LogP contribution < -0.4 is 14.9 Å². The number of hydrogen-bond donors (Lipinski definition) is 2. The normalized spacial score (nSPS) is 10.7. The largest absolute Gasteiger partial charge is 0.506 e. The van der Waals surface area contributed by atoms with E-state index in [4.69, 9.17) is 32.7 Å². The van der Waals surface area contributed by atoms with Crippen LogP contribution in [0.3, 0.4) is 0 Å². The summed E-state index contributed by atoms with van der Waals surface area (Å²) in [4.78, 5) is 11.7. The number of carbonyl (C=O) groups is 1. The molecule has 0 atom stereocenters. The number of amides is 1. The summed E-state index contributed by atoms with van der Waals surface area (Å²) < 4.78 is 10.5. The molecule has 2 rings (SSSR count). The Labute approximate surface area is 155 Å². The molecular formula is C17H16Cl2N2O4. The first-order chi connectivity index (χ1) is 12.0. The van der Waals surface area contributed by atoms with Gasteiger partial charge in [-0.1, -0.05) is 23.2 Å². The first-order valence-electron chi connectivity index (χ1n) is 7.26. The van der Waals surface area contributed by atoms with Crippen molar-refractivity contribution < 1.29 is 19.4 Å². The molecule has 0 saturated heterocycles. The van der Waals surface area contributed by atoms with Gasteiger partial charge < -0.3 is 14.6 Å². The fourth-order valence-electron chi connectivity index (χ4n) is 1.85. The van der Waals surface area contributed by atoms with Gasteiger partial charge in [-0.2, -0.15) is 5.10 Å². The van der Waals surface area contributed by atoms with Crippen molar-refractivity contribution in [3.05, 3.63) is 52.0 Å². The maximum atomic E-state index is 11.7. The summed E-state index contributed by atoms with van der Waals surface area (Å²) in [5.74, 6) is 0.865. The highest BCUT2D eigenvalue weighted by molar-refractivity contribution is 6.36. The Morgan fingerprint density at radius 2 is 1.92 bits per heavy atom. The van der Waals surface area contributed by atoms with Gasteiger partial charge in [0.25, 0.3) is 0 Å². The van der Waals surface area contributed by atoms with Crippen LogP contribution in [0.15, 0.2) is 41.5 Å². The number of benzene rings is 2. The lowest BCUT2D eigenvalue weighted by Crippen LogP contribution is -2.20. The van der Waals surface area contributed by atoms with Crippen LogP contribution in [-0.4, -0.2) is 30.9 Å². The van der Waals surface area contributed by atoms with Gasteiger partial charge in [-0.05, 0) is 36.4 Å². The zero-order chi connectivity index (χ0) is 18.2. The molecule has 0 aliphatic heterocycles. The van der Waals surface area contributed by atoms with Crippen LogP contribution in [0.5, 0.6) is 17.2 Å². The second-order valence-corrected chi connectivity index (χ2v) is 5.74. The van der Waals surface area contributed by atoms with Crippen molar-refractivity contribution in [3.8, 4) is 17.2 Å². The summed E-state index contributed by atoms with van der Waals surface area (Å²) in [6, 6.07) is 9.92. The van der Waals surface area contributed by atoms with Gasteiger partial charge in [0, 0.05) is 10.6 Å². The summed E-state index contributed by atoms with van der Waals surface area (Å²) in [7, 11) is 1.58. The Morgan fingerprint density at radius 3 is 2.60 bits per heavy atom. The number of nitrogens with zero attached hydrogens (tertiary/aromatic N) is 1. The van der Waals surface area contributed by atoms with E-state index in [1.807, 2.05) is 0 Å². The predicted octanol–water partition coefficient (Wildman–Crippen LogP) is 3.63. The minimum atomic E-state index is -0.336. The number of hydrogen-bond acceptors (Lipinski definition) is 5. The van der Waals surface area contributed by atoms with Gasteiger partial charge >= 0.3 is 0 Å². The molecule has 132 valence electrons. The molecule has 0 fully saturated rings. The number of phenolic OH excluding ortho intramolecular Hbond substituents is 1.